The van der Waals surface area contributed by atoms with E-state index < -0.39 is 114 Å². The second kappa shape index (κ2) is 51.0. The van der Waals surface area contributed by atoms with Gasteiger partial charge in [-0.25, -0.2) is 40.3 Å². The first-order valence-corrected chi connectivity index (χ1v) is 47.2. The van der Waals surface area contributed by atoms with E-state index in [1.54, 1.807) is 61.7 Å². The molecule has 32 heteroatoms. The van der Waals surface area contributed by atoms with Crippen molar-refractivity contribution in [2.45, 2.75) is 218 Å². The van der Waals surface area contributed by atoms with Gasteiger partial charge < -0.3 is 75.9 Å². The van der Waals surface area contributed by atoms with Crippen molar-refractivity contribution >= 4 is 80.6 Å². The van der Waals surface area contributed by atoms with E-state index in [1.807, 2.05) is 131 Å². The summed E-state index contributed by atoms with van der Waals surface area (Å²) in [6, 6.07) is 50.6. The fourth-order valence-electron chi connectivity index (χ4n) is 16.0. The molecule has 13 N–H and O–H groups in total. The van der Waals surface area contributed by atoms with E-state index in [0.717, 1.165) is 102 Å². The van der Waals surface area contributed by atoms with Crippen molar-refractivity contribution in [1.82, 2.24) is 24.5 Å². The molecule has 0 bridgehead atoms. The maximum Gasteiger partial charge on any atom is 0.305 e. The Balaban J connectivity index is 0.000000207. The van der Waals surface area contributed by atoms with Crippen LogP contribution < -0.4 is 9.62 Å². The number of aromatic nitrogens is 5. The molecule has 1 amide bonds. The number of ether oxygens (including phenoxy) is 1. The quantitative estimate of drug-likeness (QED) is 0.0158. The van der Waals surface area contributed by atoms with Crippen molar-refractivity contribution in [1.29, 1.82) is 0 Å². The predicted octanol–water partition coefficient (Wildman–Crippen LogP) is 18.1. The third-order valence-electron chi connectivity index (χ3n) is 22.5. The highest BCUT2D eigenvalue weighted by Crippen LogP contribution is 2.47. The summed E-state index contributed by atoms with van der Waals surface area (Å²) in [6.45, 7) is 16.4. The summed E-state index contributed by atoms with van der Waals surface area (Å²) < 4.78 is 87.3. The van der Waals surface area contributed by atoms with Gasteiger partial charge in [0.05, 0.1) is 127 Å². The monoisotopic (exact) mass is 1920 g/mol. The van der Waals surface area contributed by atoms with E-state index >= 15 is 0 Å². The van der Waals surface area contributed by atoms with Crippen LogP contribution in [0.25, 0.3) is 85.0 Å². The van der Waals surface area contributed by atoms with E-state index in [2.05, 4.69) is 29.1 Å². The van der Waals surface area contributed by atoms with Crippen molar-refractivity contribution in [3.8, 4) is 55.9 Å². The number of methoxy groups -OCH3 is 1. The molecule has 4 aromatic heterocycles. The molecule has 12 rings (SSSR count). The number of carboxylic acids is 4. The lowest BCUT2D eigenvalue weighted by molar-refractivity contribution is -0.140. The van der Waals surface area contributed by atoms with Crippen LogP contribution in [0.5, 0.6) is 0 Å². The number of nitrogens with zero attached hydrogens (tertiary/aromatic N) is 6. The molecule has 1 aliphatic carbocycles. The van der Waals surface area contributed by atoms with Crippen LogP contribution in [0.15, 0.2) is 200 Å². The van der Waals surface area contributed by atoms with Crippen LogP contribution in [0.3, 0.4) is 0 Å². The number of sulfonamides is 1. The number of amides is 1. The van der Waals surface area contributed by atoms with Gasteiger partial charge in [-0.15, -0.1) is 0 Å². The number of nitrogens with one attached hydrogen (secondary N) is 1. The number of pyridine rings is 2. The Kier molecular flexibility index (Phi) is 40.2. The molecule has 4 heterocycles. The van der Waals surface area contributed by atoms with Crippen LogP contribution in [0.1, 0.15) is 217 Å². The highest BCUT2D eigenvalue weighted by Gasteiger charge is 2.34. The SMILES string of the molecule is CC(C)c1c(C(=O)Nc2ccccc2)c(-c2ccccc2)c(-c2ccc(F)cc2)n1CCC(O)CC(O)CC(=O)O.CC(C)c1nc(N(C)S(C)(=O)=O)nc(-c2ccc(F)cc2)c1/C=C/C(O)CC(O)CC(=O)O.COCc1c(C(C)C)nc(C(C)C)c(/C=C/C(O)CC(O)CC(=O)O)c1-c1ccc(F)cc1.O=C(O)CC(O)CC(O)/C=C/c1c(C2CC2)nc2ccccc2c1-c1ccc(F)cc1. The molecule has 1 aliphatic rings. The average molecular weight is 1920 g/mol. The number of hydrogen-bond donors (Lipinski definition) is 13. The summed E-state index contributed by atoms with van der Waals surface area (Å²) in [5.41, 5.74) is 16.1. The molecule has 0 saturated heterocycles. The van der Waals surface area contributed by atoms with Crippen LogP contribution in [-0.2, 0) is 47.1 Å². The second-order valence-corrected chi connectivity index (χ2v) is 37.2. The molecule has 0 spiro atoms. The van der Waals surface area contributed by atoms with Gasteiger partial charge in [0, 0.05) is 107 Å². The number of halogens is 4. The zero-order valence-corrected chi connectivity index (χ0v) is 79.5. The van der Waals surface area contributed by atoms with E-state index in [9.17, 15) is 90.8 Å². The number of aliphatic hydroxyl groups is 8. The lowest BCUT2D eigenvalue weighted by Gasteiger charge is -2.23. The molecule has 7 aromatic carbocycles. The molecule has 27 nitrogen and oxygen atoms in total. The Bertz CT molecular complexity index is 6160. The maximum absolute atomic E-state index is 14.0. The number of fused-ring (bicyclic) bond motifs is 1. The van der Waals surface area contributed by atoms with Gasteiger partial charge in [0.25, 0.3) is 5.91 Å². The molecule has 138 heavy (non-hydrogen) atoms. The number of benzene rings is 7. The number of anilines is 2. The number of carboxylic acid groups (broad SMARTS) is 4. The number of aliphatic hydroxyl groups excluding tert-OH is 8. The summed E-state index contributed by atoms with van der Waals surface area (Å²) in [5.74, 6) is -6.18. The van der Waals surface area contributed by atoms with Crippen LogP contribution in [0.4, 0.5) is 29.2 Å². The first-order chi connectivity index (χ1) is 65.4. The van der Waals surface area contributed by atoms with Crippen molar-refractivity contribution in [2.75, 3.05) is 30.0 Å². The van der Waals surface area contributed by atoms with Gasteiger partial charge in [-0.1, -0.05) is 183 Å². The van der Waals surface area contributed by atoms with Crippen LogP contribution in [-0.4, -0.2) is 193 Å². The van der Waals surface area contributed by atoms with Crippen molar-refractivity contribution in [3.63, 3.8) is 0 Å². The number of para-hydroxylation sites is 2. The Morgan fingerprint density at radius 3 is 1.31 bits per heavy atom. The van der Waals surface area contributed by atoms with Crippen molar-refractivity contribution < 1.29 is 116 Å². The minimum absolute atomic E-state index is 0.0601. The zero-order chi connectivity index (χ0) is 101. The predicted molar refractivity (Wildman–Crippen MR) is 523 cm³/mol. The Labute approximate surface area is 800 Å². The van der Waals surface area contributed by atoms with Crippen LogP contribution >= 0.6 is 0 Å². The molecule has 0 aliphatic heterocycles. The summed E-state index contributed by atoms with van der Waals surface area (Å²) in [7, 11) is -0.717. The highest BCUT2D eigenvalue weighted by atomic mass is 32.2. The topological polar surface area (TPSA) is 443 Å². The average Bonchev–Trinajstić information content (AvgIpc) is 1.62. The second-order valence-electron chi connectivity index (χ2n) is 35.2. The molecule has 11 aromatic rings. The molecule has 0 radical (unpaired) electrons. The third-order valence-corrected chi connectivity index (χ3v) is 23.7. The Hall–Kier alpha value is -12.9. The molecule has 8 unspecified atom stereocenters. The fourth-order valence-corrected chi connectivity index (χ4v) is 16.3. The summed E-state index contributed by atoms with van der Waals surface area (Å²) >= 11 is 0. The number of aliphatic carboxylic acids is 4. The molecule has 734 valence electrons. The molecule has 1 fully saturated rings. The zero-order valence-electron chi connectivity index (χ0n) is 78.7. The fraction of sp³-hybridized carbons (Fsp3) is 0.349. The summed E-state index contributed by atoms with van der Waals surface area (Å²) in [4.78, 5) is 76.0. The van der Waals surface area contributed by atoms with Gasteiger partial charge in [-0.2, -0.15) is 0 Å². The smallest absolute Gasteiger partial charge is 0.305 e. The van der Waals surface area contributed by atoms with Gasteiger partial charge in [-0.05, 0) is 168 Å². The van der Waals surface area contributed by atoms with Gasteiger partial charge >= 0.3 is 23.9 Å². The number of carbonyl (C=O) groups excluding carboxylic acids is 1. The molecule has 8 atom stereocenters. The Morgan fingerprint density at radius 1 is 0.464 bits per heavy atom. The van der Waals surface area contributed by atoms with Crippen molar-refractivity contribution in [3.05, 3.63) is 280 Å². The lowest BCUT2D eigenvalue weighted by atomic mass is 9.87. The highest BCUT2D eigenvalue weighted by molar-refractivity contribution is 7.92. The summed E-state index contributed by atoms with van der Waals surface area (Å²) in [5, 5.41) is 121. The summed E-state index contributed by atoms with van der Waals surface area (Å²) in [6.07, 6.45) is 1.69. The maximum atomic E-state index is 14.0. The third kappa shape index (κ3) is 31.3. The van der Waals surface area contributed by atoms with Crippen LogP contribution in [0, 0.1) is 23.3 Å². The first-order valence-electron chi connectivity index (χ1n) is 45.3. The largest absolute Gasteiger partial charge is 0.481 e. The van der Waals surface area contributed by atoms with Gasteiger partial charge in [0.15, 0.2) is 0 Å². The van der Waals surface area contributed by atoms with E-state index in [-0.39, 0.29) is 91.6 Å². The number of hydrogen-bond acceptors (Lipinski definition) is 20. The van der Waals surface area contributed by atoms with E-state index in [0.29, 0.717) is 63.1 Å². The lowest BCUT2D eigenvalue weighted by Crippen LogP contribution is -2.27. The minimum atomic E-state index is -3.65. The number of carbonyl (C=O) groups is 5. The first kappa shape index (κ1) is 109. The van der Waals surface area contributed by atoms with Gasteiger partial charge in [0.2, 0.25) is 16.0 Å². The Morgan fingerprint density at radius 2 is 0.870 bits per heavy atom. The standard InChI is InChI=1S/C33H35FN2O5.C26H34FNO5.C25H24FNO4.C22H28FN3O6S/c1-21(2)31-30(33(41)35-25-11-7-4-8-12-25)29(22-9-5-3-6-10-22)32(23-13-15-24(34)16-14-23)36(31)18-17-26(37)19-27(38)20-28(39)40;1-15(2)25-21(11-10-19(29)12-20(30)13-23(31)32)24(17-6-8-18(27)9-7-17)22(14-33-5)26(28-25)16(3)4;26-17-9-7-15(8-10-17)24-20-3-1-2-4-22(20)27-25(16-5-6-16)21(24)12-11-18(28)13-19(29)14-23(30)31;1-13(2)20-18(10-9-16(27)11-17(28)12-19(29)30)21(14-5-7-15(23)8-6-14)25-22(24-20)26(3)33(4,31)32/h3-16,21,26-27,37-38H,17-20H2,1-2H3,(H,35,41)(H,39,40);6-11,15-16,19-20,29-30H,12-14H2,1-5H3,(H,31,32);1-4,7-12,16,18-19,28-29H,5-6,13-14H2,(H,30,31);5-10,13,16-17,27-28H,11-12H2,1-4H3,(H,29,30)/b;11-10+;12-11+;10-9+. The van der Waals surface area contributed by atoms with Gasteiger partial charge in [0.1, 0.15) is 23.3 Å². The molecule has 1 saturated carbocycles. The minimum Gasteiger partial charge on any atom is -0.481 e. The molecular formula is C106H121F4N7O20S. The van der Waals surface area contributed by atoms with E-state index in [1.165, 1.54) is 85.9 Å². The van der Waals surface area contributed by atoms with Crippen molar-refractivity contribution in [2.24, 2.45) is 0 Å². The number of rotatable bonds is 41. The molecular weight excluding hydrogens is 1800 g/mol. The van der Waals surface area contributed by atoms with E-state index in [4.69, 9.17) is 35.1 Å². The van der Waals surface area contributed by atoms with Crippen LogP contribution in [0.2, 0.25) is 0 Å². The normalized spacial score (nSPS) is 14.0. The van der Waals surface area contributed by atoms with Gasteiger partial charge in [-0.3, -0.25) is 33.9 Å².